The number of nitrogens with zero attached hydrogens (tertiary/aromatic N) is 2. The molecule has 0 aliphatic carbocycles. The first-order valence-corrected chi connectivity index (χ1v) is 12.0. The molecule has 6 nitrogen and oxygen atoms in total. The number of hydrogen-bond donors (Lipinski definition) is 1. The van der Waals surface area contributed by atoms with E-state index in [1.807, 2.05) is 4.90 Å². The number of benzene rings is 2. The summed E-state index contributed by atoms with van der Waals surface area (Å²) in [4.78, 5) is 18.2. The predicted molar refractivity (Wildman–Crippen MR) is 129 cm³/mol. The van der Waals surface area contributed by atoms with E-state index < -0.39 is 35.0 Å². The number of aliphatic carboxylic acids is 1. The van der Waals surface area contributed by atoms with Crippen molar-refractivity contribution in [3.05, 3.63) is 65.6 Å². The molecule has 1 aliphatic heterocycles. The van der Waals surface area contributed by atoms with Crippen LogP contribution in [0, 0.1) is 22.9 Å². The normalized spacial score (nSPS) is 16.5. The van der Waals surface area contributed by atoms with E-state index in [1.165, 1.54) is 13.2 Å². The fourth-order valence-electron chi connectivity index (χ4n) is 4.84. The second-order valence-corrected chi connectivity index (χ2v) is 9.29. The molecule has 1 atom stereocenters. The van der Waals surface area contributed by atoms with Crippen LogP contribution >= 0.6 is 0 Å². The van der Waals surface area contributed by atoms with Crippen molar-refractivity contribution in [1.82, 2.24) is 9.88 Å². The zero-order valence-corrected chi connectivity index (χ0v) is 20.4. The maximum atomic E-state index is 15.4. The Labute approximate surface area is 211 Å². The lowest BCUT2D eigenvalue weighted by atomic mass is 9.74. The van der Waals surface area contributed by atoms with Gasteiger partial charge in [0.05, 0.1) is 24.2 Å². The number of methoxy groups -OCH3 is 1. The van der Waals surface area contributed by atoms with Crippen molar-refractivity contribution in [1.29, 1.82) is 0 Å². The summed E-state index contributed by atoms with van der Waals surface area (Å²) in [5.41, 5.74) is -0.859. The molecule has 2 aromatic carbocycles. The minimum absolute atomic E-state index is 0.0453. The highest BCUT2D eigenvalue weighted by molar-refractivity contribution is 5.84. The maximum Gasteiger partial charge on any atom is 0.309 e. The topological polar surface area (TPSA) is 71.9 Å². The number of carboxylic acid groups (broad SMARTS) is 1. The molecule has 1 aromatic heterocycles. The minimum atomic E-state index is -1.72. The molecular weight excluding hydrogens is 492 g/mol. The molecule has 0 radical (unpaired) electrons. The zero-order valence-electron chi connectivity index (χ0n) is 20.4. The Bertz CT molecular complexity index is 1240. The fraction of sp³-hybridized carbons (Fsp3) is 0.407. The van der Waals surface area contributed by atoms with Gasteiger partial charge in [0.1, 0.15) is 41.7 Å². The van der Waals surface area contributed by atoms with Crippen molar-refractivity contribution in [2.45, 2.75) is 31.9 Å². The highest BCUT2D eigenvalue weighted by Crippen LogP contribution is 2.41. The van der Waals surface area contributed by atoms with Gasteiger partial charge in [-0.1, -0.05) is 0 Å². The first-order valence-electron chi connectivity index (χ1n) is 12.0. The highest BCUT2D eigenvalue weighted by atomic mass is 19.1. The summed E-state index contributed by atoms with van der Waals surface area (Å²) in [6.45, 7) is 1.49. The van der Waals surface area contributed by atoms with Crippen molar-refractivity contribution in [2.75, 3.05) is 33.4 Å². The van der Waals surface area contributed by atoms with Crippen LogP contribution in [-0.4, -0.2) is 54.3 Å². The summed E-state index contributed by atoms with van der Waals surface area (Å²) in [7, 11) is 1.46. The Morgan fingerprint density at radius 1 is 1.11 bits per heavy atom. The number of carbonyl (C=O) groups is 1. The summed E-state index contributed by atoms with van der Waals surface area (Å²) < 4.78 is 67.3. The van der Waals surface area contributed by atoms with Crippen LogP contribution in [0.3, 0.4) is 0 Å². The monoisotopic (exact) mass is 520 g/mol. The number of piperidine rings is 1. The lowest BCUT2D eigenvalue weighted by Crippen LogP contribution is -2.45. The van der Waals surface area contributed by atoms with E-state index in [9.17, 15) is 23.1 Å². The van der Waals surface area contributed by atoms with Crippen LogP contribution in [0.25, 0.3) is 10.9 Å². The molecule has 0 spiro atoms. The van der Waals surface area contributed by atoms with Gasteiger partial charge in [-0.25, -0.2) is 17.6 Å². The molecule has 198 valence electrons. The molecule has 1 aliphatic rings. The first-order chi connectivity index (χ1) is 17.7. The Hall–Kier alpha value is -3.40. The molecule has 0 unspecified atom stereocenters. The van der Waals surface area contributed by atoms with Gasteiger partial charge in [0.25, 0.3) is 0 Å². The van der Waals surface area contributed by atoms with Gasteiger partial charge in [-0.05, 0) is 57.0 Å². The molecule has 4 rings (SSSR count). The molecule has 2 heterocycles. The van der Waals surface area contributed by atoms with Crippen molar-refractivity contribution in [2.24, 2.45) is 5.41 Å². The van der Waals surface area contributed by atoms with E-state index >= 15 is 4.39 Å². The standard InChI is InChI=1S/C27H28F4N2O4/c1-36-19-2-3-24-21(15-19)25(23(31)16-32-24)22(30)4-5-27(26(34)35)6-8-33(9-7-27)10-11-37-20-13-17(28)12-18(29)14-20/h2-3,12-16,22H,4-11H2,1H3,(H,34,35)/t22-/m0/s1. The second-order valence-electron chi connectivity index (χ2n) is 9.29. The molecule has 1 fully saturated rings. The number of halogens is 4. The number of hydrogen-bond acceptors (Lipinski definition) is 5. The van der Waals surface area contributed by atoms with Crippen LogP contribution in [0.1, 0.15) is 37.4 Å². The number of aromatic nitrogens is 1. The van der Waals surface area contributed by atoms with E-state index in [-0.39, 0.29) is 43.6 Å². The van der Waals surface area contributed by atoms with Gasteiger partial charge in [0.15, 0.2) is 0 Å². The molecule has 0 bridgehead atoms. The summed E-state index contributed by atoms with van der Waals surface area (Å²) in [6, 6.07) is 7.73. The molecule has 37 heavy (non-hydrogen) atoms. The van der Waals surface area contributed by atoms with Gasteiger partial charge in [-0.15, -0.1) is 0 Å². The van der Waals surface area contributed by atoms with E-state index in [0.717, 1.165) is 24.4 Å². The number of alkyl halides is 1. The van der Waals surface area contributed by atoms with Crippen LogP contribution in [0.5, 0.6) is 11.5 Å². The Kier molecular flexibility index (Phi) is 8.16. The second kappa shape index (κ2) is 11.3. The summed E-state index contributed by atoms with van der Waals surface area (Å²) in [6.07, 6.45) is -0.277. The van der Waals surface area contributed by atoms with Crippen molar-refractivity contribution >= 4 is 16.9 Å². The number of ether oxygens (including phenoxy) is 2. The Balaban J connectivity index is 1.37. The van der Waals surface area contributed by atoms with E-state index in [4.69, 9.17) is 9.47 Å². The maximum absolute atomic E-state index is 15.4. The Morgan fingerprint density at radius 2 is 1.81 bits per heavy atom. The molecular formula is C27H28F4N2O4. The number of pyridine rings is 1. The average Bonchev–Trinajstić information content (AvgIpc) is 2.87. The fourth-order valence-corrected chi connectivity index (χ4v) is 4.84. The van der Waals surface area contributed by atoms with Crippen LogP contribution in [0.15, 0.2) is 42.6 Å². The van der Waals surface area contributed by atoms with E-state index in [0.29, 0.717) is 36.3 Å². The van der Waals surface area contributed by atoms with Gasteiger partial charge >= 0.3 is 5.97 Å². The third kappa shape index (κ3) is 6.12. The molecule has 1 N–H and O–H groups in total. The van der Waals surface area contributed by atoms with Crippen LogP contribution in [0.2, 0.25) is 0 Å². The molecule has 3 aromatic rings. The molecule has 1 saturated heterocycles. The van der Waals surface area contributed by atoms with Crippen molar-refractivity contribution in [3.8, 4) is 11.5 Å². The van der Waals surface area contributed by atoms with Gasteiger partial charge in [0, 0.05) is 35.7 Å². The predicted octanol–water partition coefficient (Wildman–Crippen LogP) is 5.70. The lowest BCUT2D eigenvalue weighted by Gasteiger charge is -2.39. The minimum Gasteiger partial charge on any atom is -0.497 e. The zero-order chi connectivity index (χ0) is 26.6. The van der Waals surface area contributed by atoms with Crippen LogP contribution < -0.4 is 9.47 Å². The first kappa shape index (κ1) is 26.7. The van der Waals surface area contributed by atoms with E-state index in [2.05, 4.69) is 4.98 Å². The summed E-state index contributed by atoms with van der Waals surface area (Å²) >= 11 is 0. The third-order valence-electron chi connectivity index (χ3n) is 7.04. The lowest BCUT2D eigenvalue weighted by molar-refractivity contribution is -0.153. The average molecular weight is 521 g/mol. The molecule has 10 heteroatoms. The van der Waals surface area contributed by atoms with Gasteiger partial charge in [-0.2, -0.15) is 0 Å². The third-order valence-corrected chi connectivity index (χ3v) is 7.04. The molecule has 0 amide bonds. The number of rotatable bonds is 10. The van der Waals surface area contributed by atoms with Gasteiger partial charge in [0.2, 0.25) is 0 Å². The Morgan fingerprint density at radius 3 is 2.46 bits per heavy atom. The van der Waals surface area contributed by atoms with Gasteiger partial charge < -0.3 is 14.6 Å². The summed E-state index contributed by atoms with van der Waals surface area (Å²) in [5, 5.41) is 10.3. The number of likely N-dealkylation sites (tertiary alicyclic amines) is 1. The van der Waals surface area contributed by atoms with Gasteiger partial charge in [-0.3, -0.25) is 14.7 Å². The smallest absolute Gasteiger partial charge is 0.309 e. The number of fused-ring (bicyclic) bond motifs is 1. The summed E-state index contributed by atoms with van der Waals surface area (Å²) in [5.74, 6) is -2.74. The van der Waals surface area contributed by atoms with Crippen LogP contribution in [-0.2, 0) is 4.79 Å². The SMILES string of the molecule is COc1ccc2ncc(F)c([C@@H](F)CCC3(C(=O)O)CCN(CCOc4cc(F)cc(F)c4)CC3)c2c1. The highest BCUT2D eigenvalue weighted by Gasteiger charge is 2.42. The molecule has 0 saturated carbocycles. The quantitative estimate of drug-likeness (QED) is 0.346. The number of carboxylic acids is 1. The van der Waals surface area contributed by atoms with Crippen molar-refractivity contribution < 1.29 is 36.9 Å². The van der Waals surface area contributed by atoms with Crippen LogP contribution in [0.4, 0.5) is 17.6 Å². The van der Waals surface area contributed by atoms with Crippen molar-refractivity contribution in [3.63, 3.8) is 0 Å². The largest absolute Gasteiger partial charge is 0.497 e. The van der Waals surface area contributed by atoms with E-state index in [1.54, 1.807) is 12.1 Å².